The van der Waals surface area contributed by atoms with Crippen molar-refractivity contribution in [3.05, 3.63) is 47.5 Å². The van der Waals surface area contributed by atoms with Crippen LogP contribution in [0.15, 0.2) is 36.4 Å². The van der Waals surface area contributed by atoms with E-state index in [9.17, 15) is 4.79 Å². The van der Waals surface area contributed by atoms with Crippen LogP contribution in [0.1, 0.15) is 18.1 Å². The molecule has 0 saturated heterocycles. The van der Waals surface area contributed by atoms with Crippen molar-refractivity contribution in [1.82, 2.24) is 0 Å². The highest BCUT2D eigenvalue weighted by Gasteiger charge is 2.43. The number of fused-ring (bicyclic) bond motifs is 1. The summed E-state index contributed by atoms with van der Waals surface area (Å²) in [5.41, 5.74) is 3.33. The van der Waals surface area contributed by atoms with Gasteiger partial charge >= 0.3 is 0 Å². The molecule has 0 aliphatic carbocycles. The fourth-order valence-corrected chi connectivity index (χ4v) is 3.32. The number of ether oxygens (including phenoxy) is 2. The molecular formula is C20H24N2O3. The number of nitrogens with one attached hydrogen (secondary N) is 1. The van der Waals surface area contributed by atoms with Crippen LogP contribution in [0.2, 0.25) is 0 Å². The Morgan fingerprint density at radius 3 is 2.20 bits per heavy atom. The summed E-state index contributed by atoms with van der Waals surface area (Å²) >= 11 is 0. The number of anilines is 2. The minimum atomic E-state index is -0.644. The molecule has 1 aliphatic heterocycles. The zero-order valence-corrected chi connectivity index (χ0v) is 15.3. The lowest BCUT2D eigenvalue weighted by Gasteiger charge is -2.23. The third-order valence-electron chi connectivity index (χ3n) is 4.88. The Hall–Kier alpha value is -2.69. The first kappa shape index (κ1) is 17.1. The van der Waals surface area contributed by atoms with Gasteiger partial charge in [-0.05, 0) is 42.7 Å². The average Bonchev–Trinajstić information content (AvgIpc) is 2.84. The van der Waals surface area contributed by atoms with Crippen molar-refractivity contribution in [3.63, 3.8) is 0 Å². The van der Waals surface area contributed by atoms with Crippen molar-refractivity contribution < 1.29 is 14.3 Å². The number of hydrogen-bond donors (Lipinski definition) is 1. The second-order valence-electron chi connectivity index (χ2n) is 6.78. The van der Waals surface area contributed by atoms with Gasteiger partial charge in [0.15, 0.2) is 11.5 Å². The number of amides is 1. The topological polar surface area (TPSA) is 50.8 Å². The van der Waals surface area contributed by atoms with Gasteiger partial charge in [-0.15, -0.1) is 0 Å². The van der Waals surface area contributed by atoms with Crippen LogP contribution in [0.25, 0.3) is 0 Å². The minimum Gasteiger partial charge on any atom is -0.493 e. The van der Waals surface area contributed by atoms with Crippen molar-refractivity contribution in [2.24, 2.45) is 0 Å². The van der Waals surface area contributed by atoms with Gasteiger partial charge in [-0.3, -0.25) is 4.79 Å². The second kappa shape index (κ2) is 6.31. The number of benzene rings is 2. The Bertz CT molecular complexity index is 799. The summed E-state index contributed by atoms with van der Waals surface area (Å²) in [5.74, 6) is 1.24. The highest BCUT2D eigenvalue weighted by atomic mass is 16.5. The molecule has 1 heterocycles. The number of rotatable bonds is 5. The predicted octanol–water partition coefficient (Wildman–Crippen LogP) is 3.22. The largest absolute Gasteiger partial charge is 0.493 e. The molecule has 3 rings (SSSR count). The lowest BCUT2D eigenvalue weighted by molar-refractivity contribution is -0.120. The maximum Gasteiger partial charge on any atom is 0.235 e. The summed E-state index contributed by atoms with van der Waals surface area (Å²) in [6.07, 6.45) is 0.620. The van der Waals surface area contributed by atoms with Gasteiger partial charge in [0.05, 0.1) is 19.6 Å². The highest BCUT2D eigenvalue weighted by molar-refractivity contribution is 6.06. The summed E-state index contributed by atoms with van der Waals surface area (Å²) in [4.78, 5) is 14.8. The minimum absolute atomic E-state index is 0.00510. The molecule has 132 valence electrons. The molecule has 0 aromatic heterocycles. The van der Waals surface area contributed by atoms with E-state index in [1.54, 1.807) is 14.2 Å². The summed E-state index contributed by atoms with van der Waals surface area (Å²) in [5, 5.41) is 2.98. The zero-order chi connectivity index (χ0) is 18.2. The Labute approximate surface area is 148 Å². The standard InChI is InChI=1S/C20H24N2O3/c1-20(12-13-6-8-14(9-7-13)22(2)3)15-10-17(24-4)18(25-5)11-16(15)21-19(20)23/h6-11H,12H2,1-5H3,(H,21,23). The second-order valence-corrected chi connectivity index (χ2v) is 6.78. The van der Waals surface area contributed by atoms with Crippen LogP contribution >= 0.6 is 0 Å². The average molecular weight is 340 g/mol. The van der Waals surface area contributed by atoms with Gasteiger partial charge in [-0.1, -0.05) is 12.1 Å². The van der Waals surface area contributed by atoms with Gasteiger partial charge in [-0.2, -0.15) is 0 Å². The van der Waals surface area contributed by atoms with E-state index in [0.717, 1.165) is 22.5 Å². The number of carbonyl (C=O) groups excluding carboxylic acids is 1. The smallest absolute Gasteiger partial charge is 0.235 e. The Kier molecular flexibility index (Phi) is 4.33. The van der Waals surface area contributed by atoms with Gasteiger partial charge in [0.1, 0.15) is 0 Å². The summed E-state index contributed by atoms with van der Waals surface area (Å²) in [7, 11) is 7.21. The first-order valence-corrected chi connectivity index (χ1v) is 8.23. The van der Waals surface area contributed by atoms with E-state index in [4.69, 9.17) is 9.47 Å². The molecule has 0 fully saturated rings. The molecule has 0 spiro atoms. The van der Waals surface area contributed by atoms with Crippen LogP contribution in [0.5, 0.6) is 11.5 Å². The summed E-state index contributed by atoms with van der Waals surface area (Å²) in [6.45, 7) is 1.97. The molecule has 0 radical (unpaired) electrons. The molecule has 5 nitrogen and oxygen atoms in total. The highest BCUT2D eigenvalue weighted by Crippen LogP contribution is 2.45. The first-order valence-electron chi connectivity index (χ1n) is 8.23. The van der Waals surface area contributed by atoms with Gasteiger partial charge in [0, 0.05) is 31.5 Å². The normalized spacial score (nSPS) is 18.5. The van der Waals surface area contributed by atoms with Crippen molar-refractivity contribution >= 4 is 17.3 Å². The van der Waals surface area contributed by atoms with E-state index in [1.165, 1.54) is 0 Å². The van der Waals surface area contributed by atoms with E-state index >= 15 is 0 Å². The number of nitrogens with zero attached hydrogens (tertiary/aromatic N) is 1. The van der Waals surface area contributed by atoms with Crippen LogP contribution < -0.4 is 19.7 Å². The molecule has 2 aromatic rings. The van der Waals surface area contributed by atoms with Gasteiger partial charge in [0.25, 0.3) is 0 Å². The molecule has 1 atom stereocenters. The number of methoxy groups -OCH3 is 2. The van der Waals surface area contributed by atoms with E-state index < -0.39 is 5.41 Å². The molecule has 1 amide bonds. The molecule has 1 N–H and O–H groups in total. The lowest BCUT2D eigenvalue weighted by atomic mass is 9.78. The fraction of sp³-hybridized carbons (Fsp3) is 0.350. The summed E-state index contributed by atoms with van der Waals surface area (Å²) in [6, 6.07) is 12.0. The Morgan fingerprint density at radius 2 is 1.64 bits per heavy atom. The maximum absolute atomic E-state index is 12.7. The Balaban J connectivity index is 1.98. The van der Waals surface area contributed by atoms with E-state index in [-0.39, 0.29) is 5.91 Å². The lowest BCUT2D eigenvalue weighted by Crippen LogP contribution is -2.33. The van der Waals surface area contributed by atoms with E-state index in [1.807, 2.05) is 33.2 Å². The number of carbonyl (C=O) groups is 1. The quantitative estimate of drug-likeness (QED) is 0.908. The van der Waals surface area contributed by atoms with Crippen molar-refractivity contribution in [1.29, 1.82) is 0 Å². The fourth-order valence-electron chi connectivity index (χ4n) is 3.32. The first-order chi connectivity index (χ1) is 11.9. The van der Waals surface area contributed by atoms with Crippen molar-refractivity contribution in [2.45, 2.75) is 18.8 Å². The summed E-state index contributed by atoms with van der Waals surface area (Å²) < 4.78 is 10.8. The Morgan fingerprint density at radius 1 is 1.04 bits per heavy atom. The van der Waals surface area contributed by atoms with Crippen LogP contribution in [0, 0.1) is 0 Å². The van der Waals surface area contributed by atoms with Crippen molar-refractivity contribution in [3.8, 4) is 11.5 Å². The van der Waals surface area contributed by atoms with E-state index in [0.29, 0.717) is 17.9 Å². The van der Waals surface area contributed by atoms with Crippen LogP contribution in [0.4, 0.5) is 11.4 Å². The third-order valence-corrected chi connectivity index (χ3v) is 4.88. The van der Waals surface area contributed by atoms with Gasteiger partial charge < -0.3 is 19.7 Å². The molecule has 0 bridgehead atoms. The van der Waals surface area contributed by atoms with Gasteiger partial charge in [-0.25, -0.2) is 0 Å². The maximum atomic E-state index is 12.7. The molecule has 0 saturated carbocycles. The molecular weight excluding hydrogens is 316 g/mol. The molecule has 2 aromatic carbocycles. The SMILES string of the molecule is COc1cc2c(cc1OC)C(C)(Cc1ccc(N(C)C)cc1)C(=O)N2. The molecule has 5 heteroatoms. The van der Waals surface area contributed by atoms with Crippen LogP contribution in [0.3, 0.4) is 0 Å². The van der Waals surface area contributed by atoms with Gasteiger partial charge in [0.2, 0.25) is 5.91 Å². The predicted molar refractivity (Wildman–Crippen MR) is 100 cm³/mol. The molecule has 1 unspecified atom stereocenters. The zero-order valence-electron chi connectivity index (χ0n) is 15.3. The van der Waals surface area contributed by atoms with Crippen molar-refractivity contribution in [2.75, 3.05) is 38.5 Å². The monoisotopic (exact) mass is 340 g/mol. The molecule has 1 aliphatic rings. The van der Waals surface area contributed by atoms with E-state index in [2.05, 4.69) is 34.5 Å². The third kappa shape index (κ3) is 2.90. The van der Waals surface area contributed by atoms with Crippen LogP contribution in [-0.2, 0) is 16.6 Å². The molecule has 25 heavy (non-hydrogen) atoms. The number of hydrogen-bond acceptors (Lipinski definition) is 4. The van der Waals surface area contributed by atoms with Crippen LogP contribution in [-0.4, -0.2) is 34.2 Å².